The van der Waals surface area contributed by atoms with Crippen LogP contribution in [0.4, 0.5) is 4.79 Å². The summed E-state index contributed by atoms with van der Waals surface area (Å²) in [5, 5.41) is -0.287. The molecule has 4 rings (SSSR count). The predicted molar refractivity (Wildman–Crippen MR) is 132 cm³/mol. The lowest BCUT2D eigenvalue weighted by atomic mass is 10.1. The van der Waals surface area contributed by atoms with Gasteiger partial charge in [0.25, 0.3) is 17.1 Å². The van der Waals surface area contributed by atoms with Gasteiger partial charge in [0.2, 0.25) is 0 Å². The van der Waals surface area contributed by atoms with Crippen molar-refractivity contribution in [1.82, 2.24) is 9.80 Å². The van der Waals surface area contributed by atoms with Gasteiger partial charge in [-0.15, -0.1) is 0 Å². The Balaban J connectivity index is 1.47. The molecule has 0 bridgehead atoms. The maximum atomic E-state index is 12.9. The fourth-order valence-electron chi connectivity index (χ4n) is 3.94. The van der Waals surface area contributed by atoms with E-state index < -0.39 is 0 Å². The molecule has 0 saturated carbocycles. The number of carbonyl (C=O) groups is 3. The maximum absolute atomic E-state index is 12.9. The fraction of sp³-hybridized carbons (Fsp3) is 0.346. The van der Waals surface area contributed by atoms with Gasteiger partial charge in [-0.25, -0.2) is 0 Å². The monoisotopic (exact) mass is 480 g/mol. The Bertz CT molecular complexity index is 1120. The molecule has 178 valence electrons. The van der Waals surface area contributed by atoms with Gasteiger partial charge >= 0.3 is 0 Å². The van der Waals surface area contributed by atoms with Crippen molar-refractivity contribution >= 4 is 34.9 Å². The summed E-state index contributed by atoms with van der Waals surface area (Å²) in [6.45, 7) is 6.00. The molecule has 3 amide bonds. The highest BCUT2D eigenvalue weighted by Crippen LogP contribution is 2.35. The van der Waals surface area contributed by atoms with Crippen LogP contribution in [-0.2, 0) is 16.1 Å². The highest BCUT2D eigenvalue weighted by Gasteiger charge is 2.35. The average molecular weight is 481 g/mol. The molecule has 2 fully saturated rings. The third-order valence-electron chi connectivity index (χ3n) is 5.84. The van der Waals surface area contributed by atoms with Gasteiger partial charge in [-0.1, -0.05) is 30.3 Å². The first-order chi connectivity index (χ1) is 16.5. The summed E-state index contributed by atoms with van der Waals surface area (Å²) in [5.74, 6) is 0.614. The summed E-state index contributed by atoms with van der Waals surface area (Å²) < 4.78 is 11.5. The third-order valence-corrected chi connectivity index (χ3v) is 6.75. The number of benzene rings is 2. The Morgan fingerprint density at radius 2 is 1.82 bits per heavy atom. The van der Waals surface area contributed by atoms with Crippen LogP contribution in [0.1, 0.15) is 36.5 Å². The molecule has 8 heteroatoms. The summed E-state index contributed by atoms with van der Waals surface area (Å²) in [5.41, 5.74) is 2.68. The summed E-state index contributed by atoms with van der Waals surface area (Å²) >= 11 is 0.930. The van der Waals surface area contributed by atoms with Gasteiger partial charge in [0, 0.05) is 13.1 Å². The molecular weight excluding hydrogens is 452 g/mol. The molecule has 0 unspecified atom stereocenters. The van der Waals surface area contributed by atoms with E-state index in [-0.39, 0.29) is 30.2 Å². The highest BCUT2D eigenvalue weighted by atomic mass is 32.2. The van der Waals surface area contributed by atoms with Gasteiger partial charge in [-0.05, 0) is 73.4 Å². The van der Waals surface area contributed by atoms with E-state index in [1.807, 2.05) is 43.0 Å². The van der Waals surface area contributed by atoms with Gasteiger partial charge in [0.15, 0.2) is 18.1 Å². The van der Waals surface area contributed by atoms with E-state index in [4.69, 9.17) is 9.47 Å². The van der Waals surface area contributed by atoms with E-state index >= 15 is 0 Å². The standard InChI is InChI=1S/C26H28N2O5S/c1-3-32-22-14-19(10-11-21(22)33-17-24(29)27-12-6-7-13-27)15-23-25(30)28(26(31)34-23)16-20-9-5-4-8-18(20)2/h4-5,8-11,14-15H,3,6-7,12-13,16-17H2,1-2H3/b23-15-. The van der Waals surface area contributed by atoms with Crippen molar-refractivity contribution in [2.45, 2.75) is 33.2 Å². The summed E-state index contributed by atoms with van der Waals surface area (Å²) in [7, 11) is 0. The maximum Gasteiger partial charge on any atom is 0.293 e. The number of imide groups is 1. The Hall–Kier alpha value is -3.26. The van der Waals surface area contributed by atoms with Crippen LogP contribution >= 0.6 is 11.8 Å². The van der Waals surface area contributed by atoms with Crippen molar-refractivity contribution in [2.75, 3.05) is 26.3 Å². The second kappa shape index (κ2) is 10.8. The number of thioether (sulfide) groups is 1. The first kappa shape index (κ1) is 23.9. The molecule has 0 aliphatic carbocycles. The molecule has 34 heavy (non-hydrogen) atoms. The van der Waals surface area contributed by atoms with Crippen LogP contribution in [0.5, 0.6) is 11.5 Å². The molecule has 0 spiro atoms. The molecule has 2 aliphatic rings. The van der Waals surface area contributed by atoms with Crippen molar-refractivity contribution in [3.63, 3.8) is 0 Å². The molecule has 0 N–H and O–H groups in total. The molecule has 0 atom stereocenters. The molecule has 2 aliphatic heterocycles. The lowest BCUT2D eigenvalue weighted by Crippen LogP contribution is -2.32. The zero-order valence-corrected chi connectivity index (χ0v) is 20.2. The van der Waals surface area contributed by atoms with Crippen LogP contribution in [0.3, 0.4) is 0 Å². The lowest BCUT2D eigenvalue weighted by molar-refractivity contribution is -0.132. The van der Waals surface area contributed by atoms with Crippen LogP contribution in [0.25, 0.3) is 6.08 Å². The molecule has 2 aromatic rings. The zero-order chi connectivity index (χ0) is 24.1. The molecule has 7 nitrogen and oxygen atoms in total. The number of nitrogens with zero attached hydrogens (tertiary/aromatic N) is 2. The minimum absolute atomic E-state index is 0.0358. The van der Waals surface area contributed by atoms with Gasteiger partial charge in [-0.2, -0.15) is 0 Å². The Kier molecular flexibility index (Phi) is 7.57. The molecule has 0 aromatic heterocycles. The number of likely N-dealkylation sites (tertiary alicyclic amines) is 1. The van der Waals surface area contributed by atoms with Crippen LogP contribution in [0.15, 0.2) is 47.4 Å². The van der Waals surface area contributed by atoms with Gasteiger partial charge in [0.1, 0.15) is 0 Å². The van der Waals surface area contributed by atoms with Crippen molar-refractivity contribution < 1.29 is 23.9 Å². The van der Waals surface area contributed by atoms with Crippen LogP contribution in [0, 0.1) is 6.92 Å². The number of rotatable bonds is 8. The molecule has 2 aromatic carbocycles. The van der Waals surface area contributed by atoms with Crippen molar-refractivity contribution in [3.8, 4) is 11.5 Å². The van der Waals surface area contributed by atoms with E-state index in [1.165, 1.54) is 4.90 Å². The number of amides is 3. The average Bonchev–Trinajstić information content (AvgIpc) is 3.45. The van der Waals surface area contributed by atoms with Crippen molar-refractivity contribution in [1.29, 1.82) is 0 Å². The van der Waals surface area contributed by atoms with Crippen LogP contribution in [-0.4, -0.2) is 53.2 Å². The highest BCUT2D eigenvalue weighted by molar-refractivity contribution is 8.18. The topological polar surface area (TPSA) is 76.1 Å². The number of hydrogen-bond acceptors (Lipinski definition) is 6. The fourth-order valence-corrected chi connectivity index (χ4v) is 4.78. The number of ether oxygens (including phenoxy) is 2. The summed E-state index contributed by atoms with van der Waals surface area (Å²) in [6, 6.07) is 13.0. The Morgan fingerprint density at radius 3 is 2.56 bits per heavy atom. The summed E-state index contributed by atoms with van der Waals surface area (Å²) in [6.07, 6.45) is 3.74. The third kappa shape index (κ3) is 5.44. The van der Waals surface area contributed by atoms with E-state index in [0.29, 0.717) is 28.6 Å². The van der Waals surface area contributed by atoms with Gasteiger partial charge < -0.3 is 14.4 Å². The van der Waals surface area contributed by atoms with Crippen molar-refractivity contribution in [2.24, 2.45) is 0 Å². The predicted octanol–water partition coefficient (Wildman–Crippen LogP) is 4.63. The second-order valence-electron chi connectivity index (χ2n) is 8.21. The SMILES string of the molecule is CCOc1cc(/C=C2\SC(=O)N(Cc3ccccc3C)C2=O)ccc1OCC(=O)N1CCCC1. The molecule has 2 heterocycles. The first-order valence-electron chi connectivity index (χ1n) is 11.4. The number of hydrogen-bond donors (Lipinski definition) is 0. The summed E-state index contributed by atoms with van der Waals surface area (Å²) in [4.78, 5) is 41.2. The van der Waals surface area contributed by atoms with E-state index in [0.717, 1.165) is 48.8 Å². The van der Waals surface area contributed by atoms with E-state index in [9.17, 15) is 14.4 Å². The minimum atomic E-state index is -0.312. The second-order valence-corrected chi connectivity index (χ2v) is 9.20. The van der Waals surface area contributed by atoms with Crippen LogP contribution < -0.4 is 9.47 Å². The number of aryl methyl sites for hydroxylation is 1. The van der Waals surface area contributed by atoms with Crippen LogP contribution in [0.2, 0.25) is 0 Å². The quantitative estimate of drug-likeness (QED) is 0.513. The normalized spacial score (nSPS) is 17.1. The number of carbonyl (C=O) groups excluding carboxylic acids is 3. The first-order valence-corrected chi connectivity index (χ1v) is 12.2. The molecule has 2 saturated heterocycles. The Morgan fingerprint density at radius 1 is 1.06 bits per heavy atom. The molecule has 0 radical (unpaired) electrons. The minimum Gasteiger partial charge on any atom is -0.490 e. The Labute approximate surface area is 203 Å². The van der Waals surface area contributed by atoms with Crippen molar-refractivity contribution in [3.05, 3.63) is 64.1 Å². The smallest absolute Gasteiger partial charge is 0.293 e. The van der Waals surface area contributed by atoms with E-state index in [1.54, 1.807) is 24.3 Å². The van der Waals surface area contributed by atoms with Gasteiger partial charge in [-0.3, -0.25) is 19.3 Å². The molecular formula is C26H28N2O5S. The lowest BCUT2D eigenvalue weighted by Gasteiger charge is -2.17. The largest absolute Gasteiger partial charge is 0.490 e. The van der Waals surface area contributed by atoms with E-state index in [2.05, 4.69) is 0 Å². The zero-order valence-electron chi connectivity index (χ0n) is 19.4. The van der Waals surface area contributed by atoms with Gasteiger partial charge in [0.05, 0.1) is 18.1 Å².